The fourth-order valence-corrected chi connectivity index (χ4v) is 2.35. The number of carbonyl (C=O) groups is 1. The lowest BCUT2D eigenvalue weighted by atomic mass is 10.1. The van der Waals surface area contributed by atoms with E-state index < -0.39 is 6.04 Å². The Bertz CT molecular complexity index is 750. The third-order valence-electron chi connectivity index (χ3n) is 3.59. The van der Waals surface area contributed by atoms with Crippen LogP contribution in [0.4, 0.5) is 0 Å². The minimum Gasteiger partial charge on any atom is -0.497 e. The Labute approximate surface area is 140 Å². The number of carbonyl (C=O) groups excluding carboxylic acids is 1. The molecule has 0 unspecified atom stereocenters. The molecule has 5 heteroatoms. The van der Waals surface area contributed by atoms with Gasteiger partial charge in [-0.25, -0.2) is 0 Å². The van der Waals surface area contributed by atoms with Gasteiger partial charge in [0.25, 0.3) is 5.91 Å². The monoisotopic (exact) mass is 319 g/mol. The maximum Gasteiger partial charge on any atom is 0.252 e. The van der Waals surface area contributed by atoms with Gasteiger partial charge in [0, 0.05) is 18.0 Å². The highest BCUT2D eigenvalue weighted by atomic mass is 16.5. The Kier molecular flexibility index (Phi) is 4.81. The first-order valence-electron chi connectivity index (χ1n) is 7.54. The molecular formula is C19H17N3O2. The molecule has 1 amide bonds. The molecule has 120 valence electrons. The summed E-state index contributed by atoms with van der Waals surface area (Å²) < 4.78 is 5.12. The molecule has 0 aliphatic rings. The van der Waals surface area contributed by atoms with E-state index in [9.17, 15) is 4.79 Å². The number of ether oxygens (including phenoxy) is 1. The molecule has 24 heavy (non-hydrogen) atoms. The summed E-state index contributed by atoms with van der Waals surface area (Å²) in [6.45, 7) is 0. The highest BCUT2D eigenvalue weighted by Gasteiger charge is 2.19. The molecule has 3 rings (SSSR count). The summed E-state index contributed by atoms with van der Waals surface area (Å²) >= 11 is 0. The molecule has 2 heterocycles. The SMILES string of the molecule is COc1ccc(C(=O)NC(c2ccccn2)c2ccccn2)cc1. The zero-order valence-electron chi connectivity index (χ0n) is 13.2. The fraction of sp³-hybridized carbons (Fsp3) is 0.105. The zero-order chi connectivity index (χ0) is 16.8. The largest absolute Gasteiger partial charge is 0.497 e. The quantitative estimate of drug-likeness (QED) is 0.785. The van der Waals surface area contributed by atoms with Crippen LogP contribution in [0.3, 0.4) is 0 Å². The number of benzene rings is 1. The Morgan fingerprint density at radius 1 is 0.917 bits per heavy atom. The van der Waals surface area contributed by atoms with Crippen molar-refractivity contribution in [3.63, 3.8) is 0 Å². The van der Waals surface area contributed by atoms with Crippen molar-refractivity contribution in [2.24, 2.45) is 0 Å². The predicted molar refractivity (Wildman–Crippen MR) is 90.8 cm³/mol. The number of amides is 1. The summed E-state index contributed by atoms with van der Waals surface area (Å²) in [4.78, 5) is 21.3. The molecule has 2 aromatic heterocycles. The van der Waals surface area contributed by atoms with Crippen LogP contribution in [0.25, 0.3) is 0 Å². The van der Waals surface area contributed by atoms with E-state index in [1.54, 1.807) is 43.8 Å². The minimum atomic E-state index is -0.415. The lowest BCUT2D eigenvalue weighted by molar-refractivity contribution is 0.0941. The number of nitrogens with one attached hydrogen (secondary N) is 1. The van der Waals surface area contributed by atoms with E-state index in [1.165, 1.54) is 0 Å². The summed E-state index contributed by atoms with van der Waals surface area (Å²) in [5.41, 5.74) is 2.02. The van der Waals surface area contributed by atoms with Gasteiger partial charge in [0.05, 0.1) is 18.5 Å². The average molecular weight is 319 g/mol. The van der Waals surface area contributed by atoms with Crippen LogP contribution in [-0.4, -0.2) is 23.0 Å². The standard InChI is InChI=1S/C19H17N3O2/c1-24-15-10-8-14(9-11-15)19(23)22-18(16-6-2-4-12-20-16)17-7-3-5-13-21-17/h2-13,18H,1H3,(H,22,23). The number of rotatable bonds is 5. The van der Waals surface area contributed by atoms with Crippen LogP contribution in [0.1, 0.15) is 27.8 Å². The molecule has 1 aromatic carbocycles. The molecular weight excluding hydrogens is 302 g/mol. The maximum atomic E-state index is 12.6. The first-order chi connectivity index (χ1) is 11.8. The van der Waals surface area contributed by atoms with Gasteiger partial charge in [-0.3, -0.25) is 14.8 Å². The van der Waals surface area contributed by atoms with Crippen molar-refractivity contribution in [2.75, 3.05) is 7.11 Å². The van der Waals surface area contributed by atoms with Crippen LogP contribution in [0.15, 0.2) is 73.1 Å². The second-order valence-corrected chi connectivity index (χ2v) is 5.14. The summed E-state index contributed by atoms with van der Waals surface area (Å²) in [5.74, 6) is 0.511. The van der Waals surface area contributed by atoms with Gasteiger partial charge in [-0.1, -0.05) is 12.1 Å². The second-order valence-electron chi connectivity index (χ2n) is 5.14. The molecule has 0 aliphatic heterocycles. The normalized spacial score (nSPS) is 10.4. The van der Waals surface area contributed by atoms with Crippen LogP contribution < -0.4 is 10.1 Å². The molecule has 1 N–H and O–H groups in total. The number of nitrogens with zero attached hydrogens (tertiary/aromatic N) is 2. The molecule has 5 nitrogen and oxygen atoms in total. The number of hydrogen-bond donors (Lipinski definition) is 1. The molecule has 0 radical (unpaired) electrons. The third-order valence-corrected chi connectivity index (χ3v) is 3.59. The van der Waals surface area contributed by atoms with Crippen molar-refractivity contribution in [3.05, 3.63) is 90.0 Å². The van der Waals surface area contributed by atoms with Crippen molar-refractivity contribution in [1.29, 1.82) is 0 Å². The van der Waals surface area contributed by atoms with Gasteiger partial charge in [0.1, 0.15) is 11.8 Å². The van der Waals surface area contributed by atoms with Crippen LogP contribution in [-0.2, 0) is 0 Å². The maximum absolute atomic E-state index is 12.6. The Balaban J connectivity index is 1.87. The zero-order valence-corrected chi connectivity index (χ0v) is 13.2. The van der Waals surface area contributed by atoms with E-state index in [-0.39, 0.29) is 5.91 Å². The second kappa shape index (κ2) is 7.37. The first kappa shape index (κ1) is 15.7. The fourth-order valence-electron chi connectivity index (χ4n) is 2.35. The van der Waals surface area contributed by atoms with E-state index in [0.717, 1.165) is 11.4 Å². The van der Waals surface area contributed by atoms with Gasteiger partial charge in [-0.15, -0.1) is 0 Å². The van der Waals surface area contributed by atoms with Gasteiger partial charge in [0.2, 0.25) is 0 Å². The predicted octanol–water partition coefficient (Wildman–Crippen LogP) is 3.00. The molecule has 3 aromatic rings. The van der Waals surface area contributed by atoms with Gasteiger partial charge >= 0.3 is 0 Å². The third kappa shape index (κ3) is 3.57. The van der Waals surface area contributed by atoms with E-state index in [0.29, 0.717) is 11.3 Å². The first-order valence-corrected chi connectivity index (χ1v) is 7.54. The number of aromatic nitrogens is 2. The lowest BCUT2D eigenvalue weighted by Crippen LogP contribution is -2.30. The van der Waals surface area contributed by atoms with Crippen molar-refractivity contribution >= 4 is 5.91 Å². The molecule has 0 spiro atoms. The van der Waals surface area contributed by atoms with E-state index in [1.807, 2.05) is 36.4 Å². The summed E-state index contributed by atoms with van der Waals surface area (Å²) in [6.07, 6.45) is 3.40. The highest BCUT2D eigenvalue weighted by Crippen LogP contribution is 2.19. The Morgan fingerprint density at radius 3 is 1.96 bits per heavy atom. The van der Waals surface area contributed by atoms with Crippen molar-refractivity contribution < 1.29 is 9.53 Å². The van der Waals surface area contributed by atoms with Crippen molar-refractivity contribution in [3.8, 4) is 5.75 Å². The molecule has 0 fully saturated rings. The van der Waals surface area contributed by atoms with E-state index >= 15 is 0 Å². The van der Waals surface area contributed by atoms with Gasteiger partial charge in [-0.2, -0.15) is 0 Å². The summed E-state index contributed by atoms with van der Waals surface area (Å²) in [7, 11) is 1.59. The summed E-state index contributed by atoms with van der Waals surface area (Å²) in [5, 5.41) is 3.00. The van der Waals surface area contributed by atoms with Crippen LogP contribution in [0, 0.1) is 0 Å². The number of hydrogen-bond acceptors (Lipinski definition) is 4. The van der Waals surface area contributed by atoms with Crippen molar-refractivity contribution in [1.82, 2.24) is 15.3 Å². The van der Waals surface area contributed by atoms with Gasteiger partial charge in [0.15, 0.2) is 0 Å². The van der Waals surface area contributed by atoms with Gasteiger partial charge < -0.3 is 10.1 Å². The van der Waals surface area contributed by atoms with Crippen LogP contribution in [0.2, 0.25) is 0 Å². The Hall–Kier alpha value is -3.21. The van der Waals surface area contributed by atoms with Crippen molar-refractivity contribution in [2.45, 2.75) is 6.04 Å². The Morgan fingerprint density at radius 2 is 1.50 bits per heavy atom. The lowest BCUT2D eigenvalue weighted by Gasteiger charge is -2.18. The summed E-state index contributed by atoms with van der Waals surface area (Å²) in [6, 6.07) is 17.7. The smallest absolute Gasteiger partial charge is 0.252 e. The van der Waals surface area contributed by atoms with E-state index in [2.05, 4.69) is 15.3 Å². The molecule has 0 atom stereocenters. The average Bonchev–Trinajstić information content (AvgIpc) is 2.67. The minimum absolute atomic E-state index is 0.195. The topological polar surface area (TPSA) is 64.1 Å². The van der Waals surface area contributed by atoms with E-state index in [4.69, 9.17) is 4.74 Å². The molecule has 0 saturated carbocycles. The number of methoxy groups -OCH3 is 1. The van der Waals surface area contributed by atoms with Crippen LogP contribution >= 0.6 is 0 Å². The van der Waals surface area contributed by atoms with Crippen LogP contribution in [0.5, 0.6) is 5.75 Å². The van der Waals surface area contributed by atoms with Gasteiger partial charge in [-0.05, 0) is 48.5 Å². The molecule has 0 saturated heterocycles. The molecule has 0 aliphatic carbocycles. The molecule has 0 bridgehead atoms. The number of pyridine rings is 2. The highest BCUT2D eigenvalue weighted by molar-refractivity contribution is 5.94.